The first-order chi connectivity index (χ1) is 21.5. The van der Waals surface area contributed by atoms with Crippen molar-refractivity contribution in [2.24, 2.45) is 9.98 Å². The van der Waals surface area contributed by atoms with E-state index in [0.29, 0.717) is 12.1 Å². The maximum absolute atomic E-state index is 4.68. The lowest BCUT2D eigenvalue weighted by Crippen LogP contribution is -2.34. The lowest BCUT2D eigenvalue weighted by atomic mass is 10.0. The van der Waals surface area contributed by atoms with E-state index >= 15 is 0 Å². The van der Waals surface area contributed by atoms with Crippen molar-refractivity contribution in [3.63, 3.8) is 0 Å². The molecule has 0 aliphatic carbocycles. The summed E-state index contributed by atoms with van der Waals surface area (Å²) in [6, 6.07) is 1.25. The first-order valence-electron chi connectivity index (χ1n) is 20.1. The highest BCUT2D eigenvalue weighted by Gasteiger charge is 2.19. The molecule has 0 amide bonds. The number of nitrogens with zero attached hydrogens (tertiary/aromatic N) is 4. The Bertz CT molecular complexity index is 683. The summed E-state index contributed by atoms with van der Waals surface area (Å²) in [5.74, 6) is 2.75. The van der Waals surface area contributed by atoms with E-state index in [4.69, 9.17) is 0 Å². The molecule has 2 heterocycles. The molecule has 2 rings (SSSR count). The zero-order valence-corrected chi connectivity index (χ0v) is 31.2. The van der Waals surface area contributed by atoms with E-state index in [0.717, 1.165) is 26.2 Å². The molecular formula is C40H80N4. The largest absolute Gasteiger partial charge is 0.356 e. The molecular weight excluding hydrogens is 536 g/mol. The highest BCUT2D eigenvalue weighted by molar-refractivity contribution is 5.84. The number of hydrogen-bond acceptors (Lipinski definition) is 4. The van der Waals surface area contributed by atoms with Crippen LogP contribution >= 0.6 is 0 Å². The minimum atomic E-state index is 0.623. The zero-order chi connectivity index (χ0) is 32.1. The van der Waals surface area contributed by atoms with Crippen molar-refractivity contribution in [3.05, 3.63) is 0 Å². The van der Waals surface area contributed by atoms with Crippen LogP contribution in [0.1, 0.15) is 208 Å². The topological polar surface area (TPSA) is 31.2 Å². The Morgan fingerprint density at radius 2 is 0.659 bits per heavy atom. The van der Waals surface area contributed by atoms with E-state index in [1.54, 1.807) is 0 Å². The Morgan fingerprint density at radius 1 is 0.409 bits per heavy atom. The van der Waals surface area contributed by atoms with Crippen LogP contribution in [0.3, 0.4) is 0 Å². The van der Waals surface area contributed by atoms with Crippen LogP contribution in [-0.2, 0) is 0 Å². The van der Waals surface area contributed by atoms with Crippen molar-refractivity contribution >= 4 is 11.7 Å². The van der Waals surface area contributed by atoms with Gasteiger partial charge in [-0.1, -0.05) is 155 Å². The summed E-state index contributed by atoms with van der Waals surface area (Å²) < 4.78 is 0. The van der Waals surface area contributed by atoms with Crippen LogP contribution in [-0.4, -0.2) is 59.7 Å². The summed E-state index contributed by atoms with van der Waals surface area (Å²) in [4.78, 5) is 14.3. The second-order valence-electron chi connectivity index (χ2n) is 14.4. The van der Waals surface area contributed by atoms with Gasteiger partial charge in [-0.05, 0) is 40.5 Å². The fourth-order valence-electron chi connectivity index (χ4n) is 6.82. The van der Waals surface area contributed by atoms with Gasteiger partial charge in [0.1, 0.15) is 0 Å². The summed E-state index contributed by atoms with van der Waals surface area (Å²) in [7, 11) is 0. The summed E-state index contributed by atoms with van der Waals surface area (Å²) in [6.07, 6.45) is 36.7. The maximum Gasteiger partial charge on any atom is 0.0992 e. The molecule has 260 valence electrons. The number of unbranched alkanes of at least 4 members (excludes halogenated alkanes) is 22. The van der Waals surface area contributed by atoms with E-state index in [-0.39, 0.29) is 0 Å². The number of hydrogen-bond donors (Lipinski definition) is 0. The minimum absolute atomic E-state index is 0.623. The van der Waals surface area contributed by atoms with Gasteiger partial charge in [-0.2, -0.15) is 0 Å². The second kappa shape index (κ2) is 29.3. The van der Waals surface area contributed by atoms with Crippen molar-refractivity contribution in [3.8, 4) is 0 Å². The molecule has 4 nitrogen and oxygen atoms in total. The molecule has 0 aromatic rings. The molecule has 2 aliphatic rings. The average Bonchev–Trinajstić information content (AvgIpc) is 3.69. The Kier molecular flexibility index (Phi) is 27.3. The van der Waals surface area contributed by atoms with Gasteiger partial charge in [0.05, 0.1) is 24.8 Å². The Labute approximate surface area is 277 Å². The predicted octanol–water partition coefficient (Wildman–Crippen LogP) is 12.4. The lowest BCUT2D eigenvalue weighted by molar-refractivity contribution is 0.372. The van der Waals surface area contributed by atoms with E-state index in [2.05, 4.69) is 61.3 Å². The Balaban J connectivity index is 0.000000442. The van der Waals surface area contributed by atoms with Crippen LogP contribution in [0.4, 0.5) is 0 Å². The van der Waals surface area contributed by atoms with Gasteiger partial charge in [0.15, 0.2) is 0 Å². The van der Waals surface area contributed by atoms with Crippen LogP contribution in [0.2, 0.25) is 0 Å². The minimum Gasteiger partial charge on any atom is -0.356 e. The van der Waals surface area contributed by atoms with Gasteiger partial charge in [0.2, 0.25) is 0 Å². The van der Waals surface area contributed by atoms with E-state index in [1.807, 2.05) is 0 Å². The molecule has 0 bridgehead atoms. The first kappa shape index (κ1) is 41.0. The van der Waals surface area contributed by atoms with E-state index in [9.17, 15) is 0 Å². The highest BCUT2D eigenvalue weighted by atomic mass is 15.3. The van der Waals surface area contributed by atoms with Crippen LogP contribution in [0, 0.1) is 0 Å². The normalized spacial score (nSPS) is 14.9. The first-order valence-corrected chi connectivity index (χ1v) is 20.1. The van der Waals surface area contributed by atoms with Gasteiger partial charge < -0.3 is 9.80 Å². The third-order valence-corrected chi connectivity index (χ3v) is 9.69. The summed E-state index contributed by atoms with van der Waals surface area (Å²) >= 11 is 0. The molecule has 0 aromatic carbocycles. The number of rotatable bonds is 28. The lowest BCUT2D eigenvalue weighted by Gasteiger charge is -2.24. The SMILES string of the molecule is CCCCCCCCCCCCCC1=NCCN1C(C)C.CCCCCCCCCCCCCCCC1=NCCN1C(C)C. The molecule has 0 saturated carbocycles. The van der Waals surface area contributed by atoms with Gasteiger partial charge >= 0.3 is 0 Å². The molecule has 0 atom stereocenters. The Hall–Kier alpha value is -1.06. The predicted molar refractivity (Wildman–Crippen MR) is 200 cm³/mol. The molecule has 0 saturated heterocycles. The molecule has 0 spiro atoms. The smallest absolute Gasteiger partial charge is 0.0992 e. The van der Waals surface area contributed by atoms with Crippen LogP contribution in [0.5, 0.6) is 0 Å². The molecule has 0 N–H and O–H groups in total. The van der Waals surface area contributed by atoms with Gasteiger partial charge in [-0.3, -0.25) is 9.98 Å². The third-order valence-electron chi connectivity index (χ3n) is 9.69. The fraction of sp³-hybridized carbons (Fsp3) is 0.950. The summed E-state index contributed by atoms with van der Waals surface area (Å²) in [5.41, 5.74) is 0. The Morgan fingerprint density at radius 3 is 0.909 bits per heavy atom. The average molecular weight is 617 g/mol. The third kappa shape index (κ3) is 21.6. The van der Waals surface area contributed by atoms with Crippen LogP contribution < -0.4 is 0 Å². The van der Waals surface area contributed by atoms with Crippen molar-refractivity contribution in [2.75, 3.05) is 26.2 Å². The fourth-order valence-corrected chi connectivity index (χ4v) is 6.82. The second-order valence-corrected chi connectivity index (χ2v) is 14.4. The highest BCUT2D eigenvalue weighted by Crippen LogP contribution is 2.17. The van der Waals surface area contributed by atoms with Crippen molar-refractivity contribution in [2.45, 2.75) is 221 Å². The molecule has 0 unspecified atom stereocenters. The molecule has 0 radical (unpaired) electrons. The van der Waals surface area contributed by atoms with Crippen molar-refractivity contribution < 1.29 is 0 Å². The maximum atomic E-state index is 4.68. The molecule has 4 heteroatoms. The van der Waals surface area contributed by atoms with Gasteiger partial charge in [-0.25, -0.2) is 0 Å². The zero-order valence-electron chi connectivity index (χ0n) is 31.2. The molecule has 0 fully saturated rings. The number of amidine groups is 2. The van der Waals surface area contributed by atoms with E-state index < -0.39 is 0 Å². The van der Waals surface area contributed by atoms with Gasteiger partial charge in [-0.15, -0.1) is 0 Å². The quantitative estimate of drug-likeness (QED) is 0.0819. The van der Waals surface area contributed by atoms with Crippen molar-refractivity contribution in [1.82, 2.24) is 9.80 Å². The molecule has 0 aromatic heterocycles. The monoisotopic (exact) mass is 617 g/mol. The van der Waals surface area contributed by atoms with Crippen LogP contribution in [0.25, 0.3) is 0 Å². The summed E-state index contributed by atoms with van der Waals surface area (Å²) in [5, 5.41) is 0. The van der Waals surface area contributed by atoms with Crippen LogP contribution in [0.15, 0.2) is 9.98 Å². The standard InChI is InChI=1S/C21H42N2.C19H38N2/c1-4-5-6-7-8-9-10-11-12-13-14-15-16-17-21-22-18-19-23(21)20(2)3;1-4-5-6-7-8-9-10-11-12-13-14-15-19-20-16-17-21(19)18(2)3/h20H,4-19H2,1-3H3;18H,4-17H2,1-3H3. The van der Waals surface area contributed by atoms with Gasteiger partial charge in [0.25, 0.3) is 0 Å². The molecule has 44 heavy (non-hydrogen) atoms. The summed E-state index contributed by atoms with van der Waals surface area (Å²) in [6.45, 7) is 18.0. The van der Waals surface area contributed by atoms with Gasteiger partial charge in [0, 0.05) is 38.0 Å². The van der Waals surface area contributed by atoms with E-state index in [1.165, 1.54) is 179 Å². The van der Waals surface area contributed by atoms with Crippen molar-refractivity contribution in [1.29, 1.82) is 0 Å². The number of aliphatic imine (C=N–C) groups is 2. The molecule has 2 aliphatic heterocycles.